The zero-order valence-electron chi connectivity index (χ0n) is 19.0. The lowest BCUT2D eigenvalue weighted by atomic mass is 9.88. The van der Waals surface area contributed by atoms with Crippen LogP contribution in [0, 0.1) is 0 Å². The second-order valence-electron chi connectivity index (χ2n) is 9.00. The number of amides is 1. The molecule has 1 atom stereocenters. The first-order valence-electron chi connectivity index (χ1n) is 11.5. The second-order valence-corrected chi connectivity index (χ2v) is 9.00. The minimum Gasteiger partial charge on any atom is -0.508 e. The number of rotatable bonds is 3. The summed E-state index contributed by atoms with van der Waals surface area (Å²) >= 11 is 0. The Labute approximate surface area is 205 Å². The normalized spacial score (nSPS) is 19.4. The highest BCUT2D eigenvalue weighted by molar-refractivity contribution is 6.51. The van der Waals surface area contributed by atoms with Crippen molar-refractivity contribution in [2.75, 3.05) is 4.90 Å². The van der Waals surface area contributed by atoms with Gasteiger partial charge in [-0.3, -0.25) is 14.5 Å². The summed E-state index contributed by atoms with van der Waals surface area (Å²) in [5, 5.41) is 21.4. The van der Waals surface area contributed by atoms with Gasteiger partial charge in [-0.15, -0.1) is 0 Å². The molecule has 0 aromatic heterocycles. The largest absolute Gasteiger partial charge is 0.508 e. The number of Topliss-reactive ketones (excluding diaryl/α,β-unsaturated/α-hetero) is 1. The molecule has 1 fully saturated rings. The number of aryl methyl sites for hydroxylation is 2. The molecule has 0 bridgehead atoms. The van der Waals surface area contributed by atoms with Gasteiger partial charge in [-0.05, 0) is 78.8 Å². The molecule has 2 aliphatic rings. The number of aliphatic hydroxyl groups is 1. The SMILES string of the molecule is O=C1C(=O)N(c2cccc(C(F)(F)F)c2)C(c2cccc(O)c2)/C1=C(/O)c1ccc2c(c1)CCCC2. The van der Waals surface area contributed by atoms with Crippen LogP contribution in [0.5, 0.6) is 5.75 Å². The summed E-state index contributed by atoms with van der Waals surface area (Å²) in [5.74, 6) is -2.65. The van der Waals surface area contributed by atoms with Crippen LogP contribution >= 0.6 is 0 Å². The van der Waals surface area contributed by atoms with E-state index in [1.807, 2.05) is 6.07 Å². The number of alkyl halides is 3. The Morgan fingerprint density at radius 1 is 0.889 bits per heavy atom. The third kappa shape index (κ3) is 4.12. The number of carbonyl (C=O) groups excluding carboxylic acids is 2. The predicted molar refractivity (Wildman–Crippen MR) is 127 cm³/mol. The maximum absolute atomic E-state index is 13.4. The number of benzene rings is 3. The number of phenols is 1. The molecule has 3 aromatic rings. The molecule has 8 heteroatoms. The van der Waals surface area contributed by atoms with E-state index in [1.165, 1.54) is 30.3 Å². The Morgan fingerprint density at radius 3 is 2.33 bits per heavy atom. The highest BCUT2D eigenvalue weighted by Crippen LogP contribution is 2.44. The highest BCUT2D eigenvalue weighted by atomic mass is 19.4. The predicted octanol–water partition coefficient (Wildman–Crippen LogP) is 5.92. The summed E-state index contributed by atoms with van der Waals surface area (Å²) in [7, 11) is 0. The summed E-state index contributed by atoms with van der Waals surface area (Å²) in [4.78, 5) is 27.4. The number of fused-ring (bicyclic) bond motifs is 1. The molecule has 36 heavy (non-hydrogen) atoms. The van der Waals surface area contributed by atoms with Crippen molar-refractivity contribution in [2.45, 2.75) is 37.9 Å². The van der Waals surface area contributed by atoms with Crippen molar-refractivity contribution in [1.29, 1.82) is 0 Å². The van der Waals surface area contributed by atoms with Gasteiger partial charge < -0.3 is 10.2 Å². The van der Waals surface area contributed by atoms with Gasteiger partial charge in [0.25, 0.3) is 11.7 Å². The van der Waals surface area contributed by atoms with Crippen molar-refractivity contribution < 1.29 is 33.0 Å². The van der Waals surface area contributed by atoms with Crippen molar-refractivity contribution in [3.05, 3.63) is 100 Å². The number of aliphatic hydroxyl groups excluding tert-OH is 1. The molecule has 1 unspecified atom stereocenters. The quantitative estimate of drug-likeness (QED) is 0.270. The molecule has 1 aliphatic carbocycles. The van der Waals surface area contributed by atoms with Crippen LogP contribution in [0.3, 0.4) is 0 Å². The molecular weight excluding hydrogens is 471 g/mol. The molecule has 0 radical (unpaired) electrons. The molecule has 5 rings (SSSR count). The molecular formula is C28H22F3NO4. The van der Waals surface area contributed by atoms with E-state index in [0.29, 0.717) is 5.56 Å². The number of nitrogens with zero attached hydrogens (tertiary/aromatic N) is 1. The van der Waals surface area contributed by atoms with Gasteiger partial charge in [-0.2, -0.15) is 13.2 Å². The third-order valence-electron chi connectivity index (χ3n) is 6.70. The third-order valence-corrected chi connectivity index (χ3v) is 6.70. The molecule has 0 saturated carbocycles. The molecule has 1 heterocycles. The number of anilines is 1. The summed E-state index contributed by atoms with van der Waals surface area (Å²) in [6.07, 6.45) is -0.851. The summed E-state index contributed by atoms with van der Waals surface area (Å²) in [6, 6.07) is 14.0. The van der Waals surface area contributed by atoms with Gasteiger partial charge in [0.15, 0.2) is 0 Å². The van der Waals surface area contributed by atoms with Crippen LogP contribution in [0.25, 0.3) is 5.76 Å². The van der Waals surface area contributed by atoms with E-state index in [9.17, 15) is 33.0 Å². The Kier molecular flexibility index (Phi) is 5.82. The maximum atomic E-state index is 13.4. The van der Waals surface area contributed by atoms with Gasteiger partial charge >= 0.3 is 6.18 Å². The minimum atomic E-state index is -4.66. The summed E-state index contributed by atoms with van der Waals surface area (Å²) in [5.41, 5.74) is 1.45. The second kappa shape index (κ2) is 8.86. The number of hydrogen-bond donors (Lipinski definition) is 2. The molecule has 184 valence electrons. The Balaban J connectivity index is 1.70. The molecule has 0 spiro atoms. The molecule has 2 N–H and O–H groups in total. The number of hydrogen-bond acceptors (Lipinski definition) is 4. The standard InChI is InChI=1S/C28H22F3NO4/c29-28(30,31)20-8-4-9-21(15-20)32-24(18-7-3-10-22(33)14-18)23(26(35)27(32)36)25(34)19-12-11-16-5-1-2-6-17(16)13-19/h3-4,7-15,24,33-34H,1-2,5-6H2/b25-23-. The first-order valence-corrected chi connectivity index (χ1v) is 11.5. The van der Waals surface area contributed by atoms with Crippen molar-refractivity contribution in [3.8, 4) is 5.75 Å². The van der Waals surface area contributed by atoms with Gasteiger partial charge in [-0.25, -0.2) is 0 Å². The number of aromatic hydroxyl groups is 1. The van der Waals surface area contributed by atoms with E-state index >= 15 is 0 Å². The van der Waals surface area contributed by atoms with Gasteiger partial charge in [-0.1, -0.05) is 30.3 Å². The van der Waals surface area contributed by atoms with Crippen LogP contribution in [-0.4, -0.2) is 21.9 Å². The first kappa shape index (κ1) is 23.7. The van der Waals surface area contributed by atoms with E-state index in [1.54, 1.807) is 12.1 Å². The molecule has 3 aromatic carbocycles. The van der Waals surface area contributed by atoms with Gasteiger partial charge in [0.2, 0.25) is 0 Å². The molecule has 1 aliphatic heterocycles. The zero-order valence-corrected chi connectivity index (χ0v) is 19.0. The Hall–Kier alpha value is -4.07. The minimum absolute atomic E-state index is 0.148. The average Bonchev–Trinajstić information content (AvgIpc) is 3.13. The number of carbonyl (C=O) groups is 2. The number of ketones is 1. The van der Waals surface area contributed by atoms with Crippen LogP contribution in [0.2, 0.25) is 0 Å². The monoisotopic (exact) mass is 493 g/mol. The number of halogens is 3. The van der Waals surface area contributed by atoms with Crippen LogP contribution in [-0.2, 0) is 28.6 Å². The van der Waals surface area contributed by atoms with Crippen molar-refractivity contribution in [1.82, 2.24) is 0 Å². The lowest BCUT2D eigenvalue weighted by Gasteiger charge is -2.26. The average molecular weight is 493 g/mol. The fraction of sp³-hybridized carbons (Fsp3) is 0.214. The first-order chi connectivity index (χ1) is 17.1. The van der Waals surface area contributed by atoms with Crippen LogP contribution in [0.4, 0.5) is 18.9 Å². The molecule has 1 amide bonds. The molecule has 1 saturated heterocycles. The zero-order chi connectivity index (χ0) is 25.6. The van der Waals surface area contributed by atoms with E-state index in [4.69, 9.17) is 0 Å². The van der Waals surface area contributed by atoms with Gasteiger partial charge in [0, 0.05) is 11.3 Å². The number of phenolic OH excluding ortho intramolecular Hbond substituents is 1. The van der Waals surface area contributed by atoms with Crippen molar-refractivity contribution >= 4 is 23.1 Å². The maximum Gasteiger partial charge on any atom is 0.416 e. The van der Waals surface area contributed by atoms with Crippen molar-refractivity contribution in [3.63, 3.8) is 0 Å². The Bertz CT molecular complexity index is 1410. The highest BCUT2D eigenvalue weighted by Gasteiger charge is 2.47. The summed E-state index contributed by atoms with van der Waals surface area (Å²) < 4.78 is 40.2. The van der Waals surface area contributed by atoms with E-state index < -0.39 is 35.2 Å². The van der Waals surface area contributed by atoms with Crippen LogP contribution < -0.4 is 4.90 Å². The lowest BCUT2D eigenvalue weighted by molar-refractivity contribution is -0.137. The van der Waals surface area contributed by atoms with Crippen LogP contribution in [0.1, 0.15) is 46.7 Å². The molecule has 5 nitrogen and oxygen atoms in total. The fourth-order valence-corrected chi connectivity index (χ4v) is 4.98. The van der Waals surface area contributed by atoms with E-state index in [-0.39, 0.29) is 22.6 Å². The lowest BCUT2D eigenvalue weighted by Crippen LogP contribution is -2.29. The van der Waals surface area contributed by atoms with Crippen molar-refractivity contribution in [2.24, 2.45) is 0 Å². The Morgan fingerprint density at radius 2 is 1.61 bits per heavy atom. The summed E-state index contributed by atoms with van der Waals surface area (Å²) in [6.45, 7) is 0. The van der Waals surface area contributed by atoms with Gasteiger partial charge in [0.05, 0.1) is 17.2 Å². The van der Waals surface area contributed by atoms with E-state index in [0.717, 1.165) is 59.9 Å². The smallest absolute Gasteiger partial charge is 0.416 e. The van der Waals surface area contributed by atoms with Crippen LogP contribution in [0.15, 0.2) is 72.3 Å². The van der Waals surface area contributed by atoms with E-state index in [2.05, 4.69) is 0 Å². The fourth-order valence-electron chi connectivity index (χ4n) is 4.98. The topological polar surface area (TPSA) is 77.8 Å². The van der Waals surface area contributed by atoms with Gasteiger partial charge in [0.1, 0.15) is 11.5 Å².